The predicted molar refractivity (Wildman–Crippen MR) is 138 cm³/mol. The third-order valence-electron chi connectivity index (χ3n) is 10.0. The lowest BCUT2D eigenvalue weighted by molar-refractivity contribution is -0.187. The Kier molecular flexibility index (Phi) is 6.11. The van der Waals surface area contributed by atoms with Gasteiger partial charge < -0.3 is 25.8 Å². The molecule has 1 aromatic rings. The van der Waals surface area contributed by atoms with Gasteiger partial charge in [0.15, 0.2) is 5.78 Å². The van der Waals surface area contributed by atoms with Crippen molar-refractivity contribution in [3.8, 4) is 0 Å². The molecule has 5 rings (SSSR count). The van der Waals surface area contributed by atoms with Crippen LogP contribution >= 0.6 is 0 Å². The quantitative estimate of drug-likeness (QED) is 0.342. The van der Waals surface area contributed by atoms with Crippen LogP contribution in [0.5, 0.6) is 0 Å². The Hall–Kier alpha value is -2.32. The van der Waals surface area contributed by atoms with E-state index in [1.54, 1.807) is 13.0 Å². The van der Waals surface area contributed by atoms with Gasteiger partial charge in [0.2, 0.25) is 0 Å². The lowest BCUT2D eigenvalue weighted by Gasteiger charge is -2.50. The molecule has 0 amide bonds. The Morgan fingerprint density at radius 3 is 2.51 bits per heavy atom. The van der Waals surface area contributed by atoms with Gasteiger partial charge in [0, 0.05) is 29.6 Å². The monoisotopic (exact) mass is 509 g/mol. The molecule has 0 aliphatic heterocycles. The number of esters is 1. The molecule has 0 saturated heterocycles. The average Bonchev–Trinajstić information content (AvgIpc) is 3.27. The molecule has 37 heavy (non-hydrogen) atoms. The number of ketones is 1. The summed E-state index contributed by atoms with van der Waals surface area (Å²) in [5.74, 6) is -2.83. The number of aliphatic hydroxyl groups is 3. The summed E-state index contributed by atoms with van der Waals surface area (Å²) >= 11 is 0. The molecule has 0 unspecified atom stereocenters. The first-order chi connectivity index (χ1) is 17.3. The summed E-state index contributed by atoms with van der Waals surface area (Å²) in [6, 6.07) is 9.09. The number of fused-ring (bicyclic) bond motifs is 5. The largest absolute Gasteiger partial charge is 0.457 e. The first-order valence-electron chi connectivity index (χ1n) is 13.3. The van der Waals surface area contributed by atoms with E-state index in [-0.39, 0.29) is 18.9 Å². The van der Waals surface area contributed by atoms with Gasteiger partial charge in [0.25, 0.3) is 0 Å². The number of hydrogen-bond donors (Lipinski definition) is 4. The number of benzene rings is 1. The molecule has 4 aliphatic rings. The summed E-state index contributed by atoms with van der Waals surface area (Å²) in [5, 5.41) is 34.1. The van der Waals surface area contributed by atoms with Gasteiger partial charge in [-0.3, -0.25) is 9.59 Å². The van der Waals surface area contributed by atoms with Crippen molar-refractivity contribution in [1.29, 1.82) is 0 Å². The zero-order valence-electron chi connectivity index (χ0n) is 22.1. The van der Waals surface area contributed by atoms with Crippen molar-refractivity contribution in [3.05, 3.63) is 59.2 Å². The van der Waals surface area contributed by atoms with Crippen LogP contribution in [-0.4, -0.2) is 56.5 Å². The molecule has 0 spiro atoms. The fourth-order valence-electron chi connectivity index (χ4n) is 7.94. The van der Waals surface area contributed by atoms with Crippen LogP contribution in [0.2, 0.25) is 0 Å². The second kappa shape index (κ2) is 8.60. The lowest BCUT2D eigenvalue weighted by Crippen LogP contribution is -2.61. The summed E-state index contributed by atoms with van der Waals surface area (Å²) in [6.45, 7) is 7.29. The molecular formula is C30H39NO6. The first kappa shape index (κ1) is 26.3. The number of aliphatic hydroxyl groups excluding tert-OH is 1. The van der Waals surface area contributed by atoms with E-state index in [0.717, 1.165) is 5.56 Å². The third kappa shape index (κ3) is 3.62. The molecule has 8 atom stereocenters. The smallest absolute Gasteiger partial charge is 0.323 e. The summed E-state index contributed by atoms with van der Waals surface area (Å²) < 4.78 is 6.26. The van der Waals surface area contributed by atoms with Gasteiger partial charge in [0.1, 0.15) is 17.2 Å². The number of nitrogens with two attached hydrogens (primary N) is 1. The highest BCUT2D eigenvalue weighted by Crippen LogP contribution is 2.76. The lowest BCUT2D eigenvalue weighted by atomic mass is 9.60. The van der Waals surface area contributed by atoms with E-state index in [0.29, 0.717) is 30.4 Å². The molecule has 1 aromatic carbocycles. The second-order valence-corrected chi connectivity index (χ2v) is 12.4. The fraction of sp³-hybridized carbons (Fsp3) is 0.600. The number of rotatable bonds is 6. The molecule has 2 saturated carbocycles. The molecule has 7 heteroatoms. The maximum Gasteiger partial charge on any atom is 0.323 e. The summed E-state index contributed by atoms with van der Waals surface area (Å²) in [7, 11) is 0. The van der Waals surface area contributed by atoms with E-state index in [1.807, 2.05) is 57.2 Å². The highest BCUT2D eigenvalue weighted by molar-refractivity contribution is 6.04. The number of Topliss-reactive ketones (excluding diaryl/α,β-unsaturated/α-hetero) is 1. The Labute approximate surface area is 218 Å². The number of ether oxygens (including phenoxy) is 1. The molecule has 4 aliphatic carbocycles. The molecule has 200 valence electrons. The number of hydrogen-bond acceptors (Lipinski definition) is 7. The molecule has 2 fully saturated rings. The third-order valence-corrected chi connectivity index (χ3v) is 10.0. The Balaban J connectivity index is 1.44. The Bertz CT molecular complexity index is 1170. The van der Waals surface area contributed by atoms with E-state index in [1.165, 1.54) is 0 Å². The van der Waals surface area contributed by atoms with Crippen LogP contribution in [0.15, 0.2) is 53.6 Å². The van der Waals surface area contributed by atoms with Gasteiger partial charge in [-0.1, -0.05) is 63.3 Å². The molecular weight excluding hydrogens is 470 g/mol. The van der Waals surface area contributed by atoms with E-state index in [2.05, 4.69) is 0 Å². The highest BCUT2D eigenvalue weighted by Gasteiger charge is 2.83. The fourth-order valence-corrected chi connectivity index (χ4v) is 7.94. The minimum absolute atomic E-state index is 0.0311. The van der Waals surface area contributed by atoms with E-state index < -0.39 is 57.8 Å². The normalized spacial score (nSPS) is 40.4. The molecule has 5 N–H and O–H groups in total. The highest BCUT2D eigenvalue weighted by atomic mass is 16.6. The zero-order chi connectivity index (χ0) is 27.0. The number of aryl methyl sites for hydroxylation is 1. The Morgan fingerprint density at radius 2 is 1.86 bits per heavy atom. The van der Waals surface area contributed by atoms with E-state index >= 15 is 0 Å². The SMILES string of the molecule is CC1=C[C@H]2[C@@]3(O)[C@H](C)C[C@]4(OC(=O)[C@H](N)CCc5ccccc5)[C@H]([C@@H]3C=C(CO)C[C@]2(O)C1=O)C4(C)C. The molecule has 7 nitrogen and oxygen atoms in total. The first-order valence-corrected chi connectivity index (χ1v) is 13.3. The maximum atomic E-state index is 13.2. The zero-order valence-corrected chi connectivity index (χ0v) is 22.1. The van der Waals surface area contributed by atoms with E-state index in [4.69, 9.17) is 10.5 Å². The minimum atomic E-state index is -1.80. The minimum Gasteiger partial charge on any atom is -0.457 e. The van der Waals surface area contributed by atoms with Gasteiger partial charge in [-0.05, 0) is 48.8 Å². The maximum absolute atomic E-state index is 13.2. The number of carbonyl (C=O) groups excluding carboxylic acids is 2. The summed E-state index contributed by atoms with van der Waals surface area (Å²) in [4.78, 5) is 26.3. The second-order valence-electron chi connectivity index (χ2n) is 12.4. The van der Waals surface area contributed by atoms with Crippen molar-refractivity contribution >= 4 is 11.8 Å². The van der Waals surface area contributed by atoms with Gasteiger partial charge in [-0.2, -0.15) is 0 Å². The van der Waals surface area contributed by atoms with Crippen LogP contribution in [0.4, 0.5) is 0 Å². The van der Waals surface area contributed by atoms with Crippen molar-refractivity contribution in [2.45, 2.75) is 76.2 Å². The topological polar surface area (TPSA) is 130 Å². The van der Waals surface area contributed by atoms with Gasteiger partial charge in [-0.25, -0.2) is 0 Å². The van der Waals surface area contributed by atoms with Crippen LogP contribution in [0.1, 0.15) is 52.5 Å². The van der Waals surface area contributed by atoms with Crippen LogP contribution < -0.4 is 5.73 Å². The summed E-state index contributed by atoms with van der Waals surface area (Å²) in [6.07, 6.45) is 5.02. The van der Waals surface area contributed by atoms with Crippen LogP contribution in [-0.2, 0) is 20.7 Å². The van der Waals surface area contributed by atoms with Crippen LogP contribution in [0.3, 0.4) is 0 Å². The van der Waals surface area contributed by atoms with Crippen molar-refractivity contribution in [1.82, 2.24) is 0 Å². The Morgan fingerprint density at radius 1 is 1.19 bits per heavy atom. The predicted octanol–water partition coefficient (Wildman–Crippen LogP) is 2.47. The summed E-state index contributed by atoms with van der Waals surface area (Å²) in [5.41, 5.74) is 3.79. The van der Waals surface area contributed by atoms with Gasteiger partial charge in [-0.15, -0.1) is 0 Å². The van der Waals surface area contributed by atoms with Crippen molar-refractivity contribution in [2.75, 3.05) is 6.61 Å². The van der Waals surface area contributed by atoms with E-state index in [9.17, 15) is 24.9 Å². The van der Waals surface area contributed by atoms with Crippen molar-refractivity contribution in [3.63, 3.8) is 0 Å². The van der Waals surface area contributed by atoms with Gasteiger partial charge >= 0.3 is 5.97 Å². The molecule has 0 bridgehead atoms. The van der Waals surface area contributed by atoms with Crippen LogP contribution in [0.25, 0.3) is 0 Å². The number of carbonyl (C=O) groups is 2. The van der Waals surface area contributed by atoms with Gasteiger partial charge in [0.05, 0.1) is 12.2 Å². The molecule has 0 aromatic heterocycles. The standard InChI is InChI=1S/C30H39NO6/c1-17-12-23-28(35,25(17)33)15-20(16-32)13-21-24-27(3,4)29(24,14-18(2)30(21,23)36)37-26(34)22(31)11-10-19-8-6-5-7-9-19/h5-9,12-13,18,21-24,32,35-36H,10-11,14-16,31H2,1-4H3/t18-,21+,22-,23-,24-,28-,29+,30-/m1/s1. The van der Waals surface area contributed by atoms with Crippen molar-refractivity contribution in [2.24, 2.45) is 34.8 Å². The average molecular weight is 510 g/mol. The van der Waals surface area contributed by atoms with Crippen LogP contribution in [0, 0.1) is 29.1 Å². The molecule has 0 heterocycles. The van der Waals surface area contributed by atoms with Crippen molar-refractivity contribution < 1.29 is 29.6 Å². The molecule has 0 radical (unpaired) electrons.